The van der Waals surface area contributed by atoms with Crippen molar-refractivity contribution in [2.24, 2.45) is 17.8 Å². The first-order valence-corrected chi connectivity index (χ1v) is 8.41. The topological polar surface area (TPSA) is 15.3 Å². The van der Waals surface area contributed by atoms with Crippen molar-refractivity contribution in [1.29, 1.82) is 0 Å². The minimum atomic E-state index is 0.356. The fourth-order valence-electron chi connectivity index (χ4n) is 3.59. The summed E-state index contributed by atoms with van der Waals surface area (Å²) in [7, 11) is 0. The summed E-state index contributed by atoms with van der Waals surface area (Å²) in [6, 6.07) is 0. The van der Waals surface area contributed by atoms with Crippen LogP contribution in [0, 0.1) is 17.8 Å². The lowest BCUT2D eigenvalue weighted by atomic mass is 9.84. The van der Waals surface area contributed by atoms with Gasteiger partial charge in [-0.3, -0.25) is 0 Å². The molecule has 0 unspecified atom stereocenters. The highest BCUT2D eigenvalue weighted by Gasteiger charge is 2.31. The molecule has 0 aromatic carbocycles. The summed E-state index contributed by atoms with van der Waals surface area (Å²) in [6.45, 7) is 19.2. The zero-order valence-corrected chi connectivity index (χ0v) is 14.1. The maximum Gasteiger partial charge on any atom is 0.0303 e. The fraction of sp³-hybridized carbons (Fsp3) is 1.00. The summed E-state index contributed by atoms with van der Waals surface area (Å²) >= 11 is 0. The normalized spacial score (nSPS) is 21.3. The van der Waals surface area contributed by atoms with E-state index in [1.807, 2.05) is 0 Å². The van der Waals surface area contributed by atoms with Gasteiger partial charge >= 0.3 is 0 Å². The van der Waals surface area contributed by atoms with Crippen LogP contribution in [0.15, 0.2) is 0 Å². The molecule has 2 heteroatoms. The van der Waals surface area contributed by atoms with Crippen molar-refractivity contribution >= 4 is 0 Å². The Morgan fingerprint density at radius 1 is 1.05 bits per heavy atom. The average molecular weight is 268 g/mol. The van der Waals surface area contributed by atoms with Crippen LogP contribution >= 0.6 is 0 Å². The van der Waals surface area contributed by atoms with E-state index in [-0.39, 0.29) is 0 Å². The second-order valence-electron chi connectivity index (χ2n) is 7.15. The van der Waals surface area contributed by atoms with E-state index < -0.39 is 0 Å². The summed E-state index contributed by atoms with van der Waals surface area (Å²) in [5.41, 5.74) is 0.356. The fourth-order valence-corrected chi connectivity index (χ4v) is 3.59. The van der Waals surface area contributed by atoms with Gasteiger partial charge in [0, 0.05) is 18.6 Å². The second kappa shape index (κ2) is 7.64. The van der Waals surface area contributed by atoms with Gasteiger partial charge in [-0.1, -0.05) is 41.5 Å². The highest BCUT2D eigenvalue weighted by Crippen LogP contribution is 2.25. The third-order valence-electron chi connectivity index (χ3n) is 5.21. The molecule has 2 nitrogen and oxygen atoms in total. The molecule has 1 aliphatic rings. The van der Waals surface area contributed by atoms with Gasteiger partial charge in [-0.25, -0.2) is 0 Å². The first kappa shape index (κ1) is 17.0. The number of hydrogen-bond acceptors (Lipinski definition) is 2. The molecule has 0 aromatic rings. The molecular formula is C17H36N2. The van der Waals surface area contributed by atoms with E-state index in [0.29, 0.717) is 5.54 Å². The summed E-state index contributed by atoms with van der Waals surface area (Å²) < 4.78 is 0. The Hall–Kier alpha value is -0.0800. The smallest absolute Gasteiger partial charge is 0.0303 e. The third kappa shape index (κ3) is 4.75. The number of nitrogens with one attached hydrogen (secondary N) is 1. The van der Waals surface area contributed by atoms with Gasteiger partial charge in [0.05, 0.1) is 0 Å². The Balaban J connectivity index is 2.70. The second-order valence-corrected chi connectivity index (χ2v) is 7.15. The molecule has 0 saturated carbocycles. The molecule has 0 amide bonds. The third-order valence-corrected chi connectivity index (χ3v) is 5.21. The molecule has 1 aliphatic heterocycles. The van der Waals surface area contributed by atoms with E-state index in [4.69, 9.17) is 0 Å². The quantitative estimate of drug-likeness (QED) is 0.789. The molecule has 0 aliphatic carbocycles. The Morgan fingerprint density at radius 2 is 1.63 bits per heavy atom. The lowest BCUT2D eigenvalue weighted by Gasteiger charge is -2.38. The van der Waals surface area contributed by atoms with Crippen LogP contribution in [0.3, 0.4) is 0 Å². The van der Waals surface area contributed by atoms with Crippen molar-refractivity contribution in [2.45, 2.75) is 66.3 Å². The van der Waals surface area contributed by atoms with Gasteiger partial charge in [0.2, 0.25) is 0 Å². The number of nitrogens with zero attached hydrogens (tertiary/aromatic N) is 1. The van der Waals surface area contributed by atoms with Gasteiger partial charge in [-0.05, 0) is 50.1 Å². The molecule has 1 rings (SSSR count). The summed E-state index contributed by atoms with van der Waals surface area (Å²) in [4.78, 5) is 2.73. The standard InChI is InChI=1S/C17H36N2/c1-7-17(8-2)13-19(11-9-10-18-17)12-16(14(3)4)15(5)6/h14-16,18H,7-13H2,1-6H3. The van der Waals surface area contributed by atoms with Crippen LogP contribution in [0.1, 0.15) is 60.8 Å². The largest absolute Gasteiger partial charge is 0.310 e. The lowest BCUT2D eigenvalue weighted by Crippen LogP contribution is -2.51. The Bertz CT molecular complexity index is 236. The molecule has 0 radical (unpaired) electrons. The lowest BCUT2D eigenvalue weighted by molar-refractivity contribution is 0.136. The predicted molar refractivity (Wildman–Crippen MR) is 85.5 cm³/mol. The first-order valence-electron chi connectivity index (χ1n) is 8.41. The van der Waals surface area contributed by atoms with Crippen LogP contribution in [0.4, 0.5) is 0 Å². The van der Waals surface area contributed by atoms with Crippen LogP contribution in [-0.2, 0) is 0 Å². The van der Waals surface area contributed by atoms with Gasteiger partial charge in [-0.2, -0.15) is 0 Å². The van der Waals surface area contributed by atoms with E-state index in [2.05, 4.69) is 51.8 Å². The molecule has 114 valence electrons. The van der Waals surface area contributed by atoms with E-state index in [1.54, 1.807) is 0 Å². The van der Waals surface area contributed by atoms with Crippen LogP contribution in [0.25, 0.3) is 0 Å². The molecule has 1 saturated heterocycles. The average Bonchev–Trinajstić information content (AvgIpc) is 2.58. The van der Waals surface area contributed by atoms with Crippen molar-refractivity contribution in [1.82, 2.24) is 10.2 Å². The van der Waals surface area contributed by atoms with Crippen LogP contribution in [0.5, 0.6) is 0 Å². The maximum atomic E-state index is 3.81. The number of rotatable bonds is 6. The van der Waals surface area contributed by atoms with Crippen molar-refractivity contribution in [3.05, 3.63) is 0 Å². The van der Waals surface area contributed by atoms with Gasteiger partial charge < -0.3 is 10.2 Å². The minimum absolute atomic E-state index is 0.356. The van der Waals surface area contributed by atoms with Crippen LogP contribution in [-0.4, -0.2) is 36.6 Å². The molecule has 1 N–H and O–H groups in total. The van der Waals surface area contributed by atoms with Gasteiger partial charge in [-0.15, -0.1) is 0 Å². The Labute approximate surface area is 121 Å². The monoisotopic (exact) mass is 268 g/mol. The van der Waals surface area contributed by atoms with Gasteiger partial charge in [0.1, 0.15) is 0 Å². The Kier molecular flexibility index (Phi) is 6.82. The molecule has 0 bridgehead atoms. The summed E-state index contributed by atoms with van der Waals surface area (Å²) in [6.07, 6.45) is 3.78. The van der Waals surface area contributed by atoms with Crippen molar-refractivity contribution < 1.29 is 0 Å². The minimum Gasteiger partial charge on any atom is -0.310 e. The SMILES string of the molecule is CCC1(CC)CN(CC(C(C)C)C(C)C)CCCN1. The van der Waals surface area contributed by atoms with Crippen molar-refractivity contribution in [2.75, 3.05) is 26.2 Å². The van der Waals surface area contributed by atoms with E-state index >= 15 is 0 Å². The van der Waals surface area contributed by atoms with E-state index in [9.17, 15) is 0 Å². The molecule has 1 heterocycles. The molecule has 0 atom stereocenters. The number of hydrogen-bond donors (Lipinski definition) is 1. The summed E-state index contributed by atoms with van der Waals surface area (Å²) in [5.74, 6) is 2.40. The highest BCUT2D eigenvalue weighted by molar-refractivity contribution is 4.91. The maximum absolute atomic E-state index is 3.81. The van der Waals surface area contributed by atoms with Crippen LogP contribution < -0.4 is 5.32 Å². The van der Waals surface area contributed by atoms with Gasteiger partial charge in [0.25, 0.3) is 0 Å². The van der Waals surface area contributed by atoms with Gasteiger partial charge in [0.15, 0.2) is 0 Å². The zero-order valence-electron chi connectivity index (χ0n) is 14.1. The van der Waals surface area contributed by atoms with Crippen molar-refractivity contribution in [3.8, 4) is 0 Å². The molecule has 19 heavy (non-hydrogen) atoms. The molecular weight excluding hydrogens is 232 g/mol. The molecule has 0 aromatic heterocycles. The Morgan fingerprint density at radius 3 is 2.11 bits per heavy atom. The van der Waals surface area contributed by atoms with E-state index in [0.717, 1.165) is 17.8 Å². The first-order chi connectivity index (χ1) is 8.94. The van der Waals surface area contributed by atoms with Crippen LogP contribution in [0.2, 0.25) is 0 Å². The van der Waals surface area contributed by atoms with E-state index in [1.165, 1.54) is 45.4 Å². The van der Waals surface area contributed by atoms with Crippen molar-refractivity contribution in [3.63, 3.8) is 0 Å². The predicted octanol–water partition coefficient (Wildman–Crippen LogP) is 3.77. The summed E-state index contributed by atoms with van der Waals surface area (Å²) in [5, 5.41) is 3.81. The molecule has 0 spiro atoms. The zero-order chi connectivity index (χ0) is 14.5. The molecule has 1 fully saturated rings. The highest BCUT2D eigenvalue weighted by atomic mass is 15.2.